The lowest BCUT2D eigenvalue weighted by Crippen LogP contribution is -2.39. The van der Waals surface area contributed by atoms with Crippen molar-refractivity contribution in [3.8, 4) is 5.75 Å². The summed E-state index contributed by atoms with van der Waals surface area (Å²) in [6.45, 7) is 7.49. The largest absolute Gasteiger partial charge is 0.490 e. The molecule has 0 saturated carbocycles. The first-order valence-electron chi connectivity index (χ1n) is 11.0. The molecule has 4 rings (SSSR count). The van der Waals surface area contributed by atoms with Gasteiger partial charge in [0.1, 0.15) is 11.6 Å². The van der Waals surface area contributed by atoms with E-state index in [2.05, 4.69) is 4.99 Å². The summed E-state index contributed by atoms with van der Waals surface area (Å²) < 4.78 is 26.7. The van der Waals surface area contributed by atoms with Gasteiger partial charge in [-0.2, -0.15) is 0 Å². The monoisotopic (exact) mass is 480 g/mol. The molecule has 0 radical (unpaired) electrons. The summed E-state index contributed by atoms with van der Waals surface area (Å²) in [6, 6.07) is 12.5. The number of esters is 1. The fourth-order valence-electron chi connectivity index (χ4n) is 3.85. The predicted octanol–water partition coefficient (Wildman–Crippen LogP) is 3.72. The van der Waals surface area contributed by atoms with Crippen molar-refractivity contribution in [3.63, 3.8) is 0 Å². The molecule has 34 heavy (non-hydrogen) atoms. The van der Waals surface area contributed by atoms with Gasteiger partial charge < -0.3 is 9.47 Å². The van der Waals surface area contributed by atoms with E-state index in [1.807, 2.05) is 38.1 Å². The van der Waals surface area contributed by atoms with Crippen molar-refractivity contribution in [3.05, 3.63) is 96.4 Å². The predicted molar refractivity (Wildman–Crippen MR) is 129 cm³/mol. The van der Waals surface area contributed by atoms with Crippen molar-refractivity contribution < 1.29 is 18.7 Å². The minimum absolute atomic E-state index is 0.0240. The third kappa shape index (κ3) is 4.59. The molecule has 6 nitrogen and oxygen atoms in total. The van der Waals surface area contributed by atoms with Gasteiger partial charge in [-0.05, 0) is 57.5 Å². The Bertz CT molecular complexity index is 1430. The van der Waals surface area contributed by atoms with E-state index in [0.717, 1.165) is 5.56 Å². The van der Waals surface area contributed by atoms with Crippen LogP contribution >= 0.6 is 11.3 Å². The number of ether oxygens (including phenoxy) is 2. The van der Waals surface area contributed by atoms with E-state index in [1.54, 1.807) is 32.1 Å². The van der Waals surface area contributed by atoms with Gasteiger partial charge in [0, 0.05) is 5.56 Å². The number of hydrogen-bond donors (Lipinski definition) is 0. The molecule has 1 aromatic heterocycles. The zero-order valence-electron chi connectivity index (χ0n) is 19.4. The normalized spacial score (nSPS) is 15.8. The van der Waals surface area contributed by atoms with Gasteiger partial charge in [0.25, 0.3) is 5.56 Å². The summed E-state index contributed by atoms with van der Waals surface area (Å²) in [7, 11) is 0. The van der Waals surface area contributed by atoms with Crippen LogP contribution in [0.5, 0.6) is 5.75 Å². The number of rotatable bonds is 6. The van der Waals surface area contributed by atoms with Gasteiger partial charge in [0.15, 0.2) is 4.80 Å². The maximum Gasteiger partial charge on any atom is 0.338 e. The minimum atomic E-state index is -0.778. The number of thiazole rings is 1. The van der Waals surface area contributed by atoms with Crippen molar-refractivity contribution in [2.45, 2.75) is 39.8 Å². The molecule has 0 N–H and O–H groups in total. The van der Waals surface area contributed by atoms with E-state index >= 15 is 0 Å². The Labute approximate surface area is 200 Å². The number of halogens is 1. The van der Waals surface area contributed by atoms with Gasteiger partial charge in [-0.15, -0.1) is 0 Å². The maximum absolute atomic E-state index is 13.7. The minimum Gasteiger partial charge on any atom is -0.490 e. The van der Waals surface area contributed by atoms with E-state index in [9.17, 15) is 14.0 Å². The number of para-hydroxylation sites is 1. The van der Waals surface area contributed by atoms with Gasteiger partial charge in [-0.25, -0.2) is 14.2 Å². The van der Waals surface area contributed by atoms with Crippen LogP contribution in [0.1, 0.15) is 44.9 Å². The van der Waals surface area contributed by atoms with Crippen LogP contribution in [0.15, 0.2) is 69.6 Å². The van der Waals surface area contributed by atoms with Crippen molar-refractivity contribution in [1.82, 2.24) is 4.57 Å². The summed E-state index contributed by atoms with van der Waals surface area (Å²) >= 11 is 1.23. The van der Waals surface area contributed by atoms with E-state index in [1.165, 1.54) is 28.0 Å². The summed E-state index contributed by atoms with van der Waals surface area (Å²) in [5, 5.41) is 0. The van der Waals surface area contributed by atoms with E-state index < -0.39 is 17.8 Å². The number of carbonyl (C=O) groups is 1. The first-order valence-corrected chi connectivity index (χ1v) is 11.8. The van der Waals surface area contributed by atoms with Crippen LogP contribution in [0.2, 0.25) is 0 Å². The third-order valence-electron chi connectivity index (χ3n) is 5.27. The molecule has 0 saturated heterocycles. The number of benzene rings is 2. The summed E-state index contributed by atoms with van der Waals surface area (Å²) in [5.41, 5.74) is 1.78. The molecular formula is C26H25FN2O4S. The van der Waals surface area contributed by atoms with Gasteiger partial charge >= 0.3 is 5.97 Å². The van der Waals surface area contributed by atoms with Gasteiger partial charge in [0.2, 0.25) is 0 Å². The van der Waals surface area contributed by atoms with Crippen molar-refractivity contribution in [1.29, 1.82) is 0 Å². The molecule has 0 bridgehead atoms. The fraction of sp³-hybridized carbons (Fsp3) is 0.269. The van der Waals surface area contributed by atoms with E-state index in [4.69, 9.17) is 9.47 Å². The Morgan fingerprint density at radius 2 is 1.91 bits per heavy atom. The Hall–Kier alpha value is -3.52. The van der Waals surface area contributed by atoms with E-state index in [-0.39, 0.29) is 23.8 Å². The molecule has 2 aromatic carbocycles. The number of fused-ring (bicyclic) bond motifs is 1. The summed E-state index contributed by atoms with van der Waals surface area (Å²) in [4.78, 5) is 31.5. The lowest BCUT2D eigenvalue weighted by Gasteiger charge is -2.24. The molecule has 0 aliphatic carbocycles. The highest BCUT2D eigenvalue weighted by Gasteiger charge is 2.33. The molecular weight excluding hydrogens is 455 g/mol. The molecule has 1 aliphatic rings. The number of allylic oxidation sites excluding steroid dienone is 1. The topological polar surface area (TPSA) is 69.9 Å². The second-order valence-electron chi connectivity index (χ2n) is 8.06. The second-order valence-corrected chi connectivity index (χ2v) is 9.07. The molecule has 0 fully saturated rings. The lowest BCUT2D eigenvalue weighted by atomic mass is 9.96. The Kier molecular flexibility index (Phi) is 6.79. The van der Waals surface area contributed by atoms with Crippen LogP contribution in [0.3, 0.4) is 0 Å². The van der Waals surface area contributed by atoms with Crippen LogP contribution < -0.4 is 19.6 Å². The van der Waals surface area contributed by atoms with Crippen molar-refractivity contribution in [2.24, 2.45) is 4.99 Å². The van der Waals surface area contributed by atoms with Crippen LogP contribution in [-0.4, -0.2) is 23.2 Å². The SMILES string of the molecule is CCOC(=O)C1=C(C)N=c2sc(=Cc3ccccc3OC(C)C)c(=O)n2C1c1ccc(F)cc1. The standard InChI is InChI=1S/C26H25FN2O4S/c1-5-32-25(31)22-16(4)28-26-29(23(22)17-10-12-19(27)13-11-17)24(30)21(34-26)14-18-8-6-7-9-20(18)33-15(2)3/h6-15,23H,5H2,1-4H3. The van der Waals surface area contributed by atoms with Crippen LogP contribution in [0, 0.1) is 5.82 Å². The van der Waals surface area contributed by atoms with Crippen LogP contribution in [0.25, 0.3) is 6.08 Å². The first-order chi connectivity index (χ1) is 16.3. The highest BCUT2D eigenvalue weighted by Crippen LogP contribution is 2.30. The molecule has 0 spiro atoms. The molecule has 176 valence electrons. The number of carbonyl (C=O) groups excluding carboxylic acids is 1. The van der Waals surface area contributed by atoms with Crippen LogP contribution in [-0.2, 0) is 9.53 Å². The average molecular weight is 481 g/mol. The fourth-order valence-corrected chi connectivity index (χ4v) is 4.89. The van der Waals surface area contributed by atoms with E-state index in [0.29, 0.717) is 26.3 Å². The third-order valence-corrected chi connectivity index (χ3v) is 6.25. The zero-order chi connectivity index (χ0) is 24.4. The lowest BCUT2D eigenvalue weighted by molar-refractivity contribution is -0.139. The van der Waals surface area contributed by atoms with Gasteiger partial charge in [-0.3, -0.25) is 9.36 Å². The van der Waals surface area contributed by atoms with Crippen molar-refractivity contribution in [2.75, 3.05) is 6.61 Å². The number of nitrogens with zero attached hydrogens (tertiary/aromatic N) is 2. The first kappa shape index (κ1) is 23.6. The Balaban J connectivity index is 1.93. The summed E-state index contributed by atoms with van der Waals surface area (Å²) in [6.07, 6.45) is 1.75. The highest BCUT2D eigenvalue weighted by molar-refractivity contribution is 7.07. The number of hydrogen-bond acceptors (Lipinski definition) is 6. The Morgan fingerprint density at radius 1 is 1.21 bits per heavy atom. The molecule has 3 aromatic rings. The molecule has 1 atom stereocenters. The average Bonchev–Trinajstić information content (AvgIpc) is 3.09. The van der Waals surface area contributed by atoms with Gasteiger partial charge in [-0.1, -0.05) is 41.7 Å². The Morgan fingerprint density at radius 3 is 2.59 bits per heavy atom. The molecule has 2 heterocycles. The van der Waals surface area contributed by atoms with Crippen LogP contribution in [0.4, 0.5) is 4.39 Å². The maximum atomic E-state index is 13.7. The second kappa shape index (κ2) is 9.77. The molecule has 0 amide bonds. The zero-order valence-corrected chi connectivity index (χ0v) is 20.2. The smallest absolute Gasteiger partial charge is 0.338 e. The number of aromatic nitrogens is 1. The molecule has 1 aliphatic heterocycles. The highest BCUT2D eigenvalue weighted by atomic mass is 32.1. The molecule has 1 unspecified atom stereocenters. The quantitative estimate of drug-likeness (QED) is 0.504. The summed E-state index contributed by atoms with van der Waals surface area (Å²) in [5.74, 6) is -0.291. The van der Waals surface area contributed by atoms with Gasteiger partial charge in [0.05, 0.1) is 34.6 Å². The van der Waals surface area contributed by atoms with Crippen molar-refractivity contribution >= 4 is 23.4 Å². The molecule has 8 heteroatoms.